The van der Waals surface area contributed by atoms with Crippen LogP contribution < -0.4 is 4.90 Å². The Labute approximate surface area is 198 Å². The maximum atomic E-state index is 13.3. The van der Waals surface area contributed by atoms with Crippen LogP contribution in [0, 0.1) is 6.92 Å². The number of carbonyl (C=O) groups excluding carboxylic acids is 2. The van der Waals surface area contributed by atoms with E-state index in [4.69, 9.17) is 11.6 Å². The van der Waals surface area contributed by atoms with E-state index in [1.165, 1.54) is 4.90 Å². The van der Waals surface area contributed by atoms with E-state index in [1.54, 1.807) is 48.7 Å². The summed E-state index contributed by atoms with van der Waals surface area (Å²) < 4.78 is 0. The minimum absolute atomic E-state index is 0.0165. The lowest BCUT2D eigenvalue weighted by Gasteiger charge is -2.25. The molecular weight excluding hydrogens is 436 g/mol. The molecule has 33 heavy (non-hydrogen) atoms. The highest BCUT2D eigenvalue weighted by Gasteiger charge is 2.47. The van der Waals surface area contributed by atoms with E-state index < -0.39 is 17.7 Å². The number of aliphatic hydroxyl groups excluding tert-OH is 1. The standard InChI is InChI=1S/C27H25ClN2O3/c1-16-8-9-17(27(2,3)4)15-20(16)24(31)22-23(21-7-5-6-14-29-21)30(26(33)25(22)32)19-12-10-18(28)11-13-19/h5-15,23,31H,1-4H3/b24-22+. The summed E-state index contributed by atoms with van der Waals surface area (Å²) in [6.45, 7) is 8.10. The minimum Gasteiger partial charge on any atom is -0.507 e. The number of aromatic nitrogens is 1. The number of aliphatic hydroxyl groups is 1. The molecule has 2 aromatic carbocycles. The van der Waals surface area contributed by atoms with Crippen molar-refractivity contribution in [3.8, 4) is 0 Å². The molecule has 0 spiro atoms. The number of halogens is 1. The molecule has 1 fully saturated rings. The second kappa shape index (κ2) is 8.49. The molecule has 1 unspecified atom stereocenters. The van der Waals surface area contributed by atoms with Crippen LogP contribution in [0.3, 0.4) is 0 Å². The Balaban J connectivity index is 1.96. The van der Waals surface area contributed by atoms with Gasteiger partial charge in [0.15, 0.2) is 0 Å². The van der Waals surface area contributed by atoms with Crippen LogP contribution in [-0.2, 0) is 15.0 Å². The lowest BCUT2D eigenvalue weighted by atomic mass is 9.84. The summed E-state index contributed by atoms with van der Waals surface area (Å²) in [7, 11) is 0. The summed E-state index contributed by atoms with van der Waals surface area (Å²) in [5.41, 5.74) is 3.18. The van der Waals surface area contributed by atoms with Gasteiger partial charge in [0.2, 0.25) is 0 Å². The predicted octanol–water partition coefficient (Wildman–Crippen LogP) is 5.97. The van der Waals surface area contributed by atoms with E-state index in [2.05, 4.69) is 25.8 Å². The molecular formula is C27H25ClN2O3. The third-order valence-electron chi connectivity index (χ3n) is 5.88. The van der Waals surface area contributed by atoms with Crippen LogP contribution in [0.5, 0.6) is 0 Å². The fourth-order valence-electron chi connectivity index (χ4n) is 4.01. The zero-order valence-electron chi connectivity index (χ0n) is 19.0. The molecule has 1 saturated heterocycles. The van der Waals surface area contributed by atoms with Gasteiger partial charge in [-0.05, 0) is 65.9 Å². The third-order valence-corrected chi connectivity index (χ3v) is 6.13. The zero-order valence-corrected chi connectivity index (χ0v) is 19.7. The molecule has 0 radical (unpaired) electrons. The van der Waals surface area contributed by atoms with Crippen molar-refractivity contribution in [3.63, 3.8) is 0 Å². The number of nitrogens with zero attached hydrogens (tertiary/aromatic N) is 2. The normalized spacial score (nSPS) is 18.1. The van der Waals surface area contributed by atoms with E-state index in [0.717, 1.165) is 11.1 Å². The second-order valence-electron chi connectivity index (χ2n) is 9.18. The first-order chi connectivity index (χ1) is 15.6. The summed E-state index contributed by atoms with van der Waals surface area (Å²) in [4.78, 5) is 32.3. The molecule has 6 heteroatoms. The number of ketones is 1. The fourth-order valence-corrected chi connectivity index (χ4v) is 4.13. The van der Waals surface area contributed by atoms with Gasteiger partial charge in [0.05, 0.1) is 11.3 Å². The van der Waals surface area contributed by atoms with Crippen molar-refractivity contribution < 1.29 is 14.7 Å². The lowest BCUT2D eigenvalue weighted by Crippen LogP contribution is -2.29. The molecule has 2 heterocycles. The topological polar surface area (TPSA) is 70.5 Å². The Kier molecular flexibility index (Phi) is 5.85. The van der Waals surface area contributed by atoms with E-state index in [-0.39, 0.29) is 16.7 Å². The Morgan fingerprint density at radius 1 is 1.03 bits per heavy atom. The quantitative estimate of drug-likeness (QED) is 0.297. The Hall–Kier alpha value is -3.44. The molecule has 4 rings (SSSR count). The van der Waals surface area contributed by atoms with Crippen molar-refractivity contribution in [2.24, 2.45) is 0 Å². The van der Waals surface area contributed by atoms with Crippen molar-refractivity contribution in [2.45, 2.75) is 39.2 Å². The number of benzene rings is 2. The van der Waals surface area contributed by atoms with Crippen molar-refractivity contribution in [2.75, 3.05) is 4.90 Å². The maximum Gasteiger partial charge on any atom is 0.300 e. The summed E-state index contributed by atoms with van der Waals surface area (Å²) in [6.07, 6.45) is 1.60. The maximum absolute atomic E-state index is 13.3. The molecule has 0 aliphatic carbocycles. The van der Waals surface area contributed by atoms with Gasteiger partial charge in [-0.2, -0.15) is 0 Å². The van der Waals surface area contributed by atoms with Crippen LogP contribution in [0.2, 0.25) is 5.02 Å². The van der Waals surface area contributed by atoms with Crippen LogP contribution in [0.25, 0.3) is 5.76 Å². The molecule has 1 aromatic heterocycles. The smallest absolute Gasteiger partial charge is 0.300 e. The van der Waals surface area contributed by atoms with Gasteiger partial charge < -0.3 is 5.11 Å². The predicted molar refractivity (Wildman–Crippen MR) is 130 cm³/mol. The highest BCUT2D eigenvalue weighted by molar-refractivity contribution is 6.51. The largest absolute Gasteiger partial charge is 0.507 e. The van der Waals surface area contributed by atoms with Crippen molar-refractivity contribution in [1.82, 2.24) is 4.98 Å². The number of carbonyl (C=O) groups is 2. The average Bonchev–Trinajstić information content (AvgIpc) is 3.05. The first-order valence-corrected chi connectivity index (χ1v) is 11.1. The average molecular weight is 461 g/mol. The summed E-state index contributed by atoms with van der Waals surface area (Å²) >= 11 is 6.03. The molecule has 0 bridgehead atoms. The third kappa shape index (κ3) is 4.16. The number of anilines is 1. The fraction of sp³-hybridized carbons (Fsp3) is 0.222. The zero-order chi connectivity index (χ0) is 23.9. The van der Waals surface area contributed by atoms with Gasteiger partial charge >= 0.3 is 0 Å². The van der Waals surface area contributed by atoms with E-state index in [1.807, 2.05) is 25.1 Å². The number of hydrogen-bond donors (Lipinski definition) is 1. The van der Waals surface area contributed by atoms with Crippen molar-refractivity contribution >= 4 is 34.7 Å². The van der Waals surface area contributed by atoms with E-state index >= 15 is 0 Å². The van der Waals surface area contributed by atoms with Crippen molar-refractivity contribution in [3.05, 3.63) is 99.8 Å². The van der Waals surface area contributed by atoms with Gasteiger partial charge in [-0.3, -0.25) is 19.5 Å². The van der Waals surface area contributed by atoms with E-state index in [0.29, 0.717) is 22.0 Å². The molecule has 0 saturated carbocycles. The van der Waals surface area contributed by atoms with Crippen LogP contribution in [-0.4, -0.2) is 21.8 Å². The second-order valence-corrected chi connectivity index (χ2v) is 9.62. The highest BCUT2D eigenvalue weighted by atomic mass is 35.5. The van der Waals surface area contributed by atoms with Gasteiger partial charge in [0, 0.05) is 22.5 Å². The number of pyridine rings is 1. The molecule has 1 aliphatic heterocycles. The summed E-state index contributed by atoms with van der Waals surface area (Å²) in [6, 6.07) is 16.9. The Morgan fingerprint density at radius 3 is 2.33 bits per heavy atom. The van der Waals surface area contributed by atoms with Gasteiger partial charge in [0.25, 0.3) is 11.7 Å². The molecule has 1 N–H and O–H groups in total. The first kappa shape index (κ1) is 22.7. The molecule has 1 aliphatic rings. The van der Waals surface area contributed by atoms with Crippen LogP contribution in [0.15, 0.2) is 72.4 Å². The number of rotatable bonds is 3. The molecule has 1 atom stereocenters. The van der Waals surface area contributed by atoms with Gasteiger partial charge in [-0.15, -0.1) is 0 Å². The highest BCUT2D eigenvalue weighted by Crippen LogP contribution is 2.42. The lowest BCUT2D eigenvalue weighted by molar-refractivity contribution is -0.132. The van der Waals surface area contributed by atoms with Crippen molar-refractivity contribution in [1.29, 1.82) is 0 Å². The minimum atomic E-state index is -0.870. The monoisotopic (exact) mass is 460 g/mol. The Morgan fingerprint density at radius 2 is 1.73 bits per heavy atom. The van der Waals surface area contributed by atoms with Gasteiger partial charge in [-0.25, -0.2) is 0 Å². The van der Waals surface area contributed by atoms with Crippen LogP contribution in [0.1, 0.15) is 49.2 Å². The SMILES string of the molecule is Cc1ccc(C(C)(C)C)cc1/C(O)=C1\C(=O)C(=O)N(c2ccc(Cl)cc2)C1c1ccccn1. The summed E-state index contributed by atoms with van der Waals surface area (Å²) in [5.74, 6) is -1.68. The molecule has 5 nitrogen and oxygen atoms in total. The van der Waals surface area contributed by atoms with E-state index in [9.17, 15) is 14.7 Å². The molecule has 168 valence electrons. The van der Waals surface area contributed by atoms with Crippen LogP contribution in [0.4, 0.5) is 5.69 Å². The first-order valence-electron chi connectivity index (χ1n) is 10.7. The Bertz CT molecular complexity index is 1260. The number of aryl methyl sites for hydroxylation is 1. The van der Waals surface area contributed by atoms with Gasteiger partial charge in [0.1, 0.15) is 11.8 Å². The number of amides is 1. The summed E-state index contributed by atoms with van der Waals surface area (Å²) in [5, 5.41) is 12.0. The molecule has 1 amide bonds. The number of Topliss-reactive ketones (excluding diaryl/α,β-unsaturated/α-hetero) is 1. The number of hydrogen-bond acceptors (Lipinski definition) is 4. The molecule has 3 aromatic rings. The van der Waals surface area contributed by atoms with Gasteiger partial charge in [-0.1, -0.05) is 50.6 Å². The van der Waals surface area contributed by atoms with Crippen LogP contribution >= 0.6 is 11.6 Å².